The largest absolute Gasteiger partial charge is 0.465 e. The molecule has 2 heterocycles. The van der Waals surface area contributed by atoms with Gasteiger partial charge in [0.25, 0.3) is 8.32 Å². The third-order valence-electron chi connectivity index (χ3n) is 7.39. The summed E-state index contributed by atoms with van der Waals surface area (Å²) in [5, 5.41) is 15.4. The van der Waals surface area contributed by atoms with Gasteiger partial charge in [-0.05, 0) is 36.2 Å². The smallest absolute Gasteiger partial charge is 0.420 e. The Morgan fingerprint density at radius 2 is 1.53 bits per heavy atom. The maximum Gasteiger partial charge on any atom is 0.420 e. The molecule has 1 unspecified atom stereocenters. The predicted octanol–water partition coefficient (Wildman–Crippen LogP) is 4.25. The lowest BCUT2D eigenvalue weighted by Gasteiger charge is -2.45. The fraction of sp³-hybridized carbons (Fsp3) is 0.438. The summed E-state index contributed by atoms with van der Waals surface area (Å²) in [6.45, 7) is 14.2. The summed E-state index contributed by atoms with van der Waals surface area (Å²) in [6.07, 6.45) is 0.780. The zero-order valence-electron chi connectivity index (χ0n) is 25.9. The molecule has 1 fully saturated rings. The minimum Gasteiger partial charge on any atom is -0.465 e. The van der Waals surface area contributed by atoms with Gasteiger partial charge in [-0.15, -0.1) is 0 Å². The number of benzene rings is 2. The van der Waals surface area contributed by atoms with E-state index >= 15 is 0 Å². The Morgan fingerprint density at radius 1 is 0.977 bits per heavy atom. The molecule has 0 spiro atoms. The monoisotopic (exact) mass is 605 g/mol. The van der Waals surface area contributed by atoms with Crippen molar-refractivity contribution in [3.8, 4) is 0 Å². The number of rotatable bonds is 8. The van der Waals surface area contributed by atoms with Crippen molar-refractivity contribution >= 4 is 36.8 Å². The number of nitrogens with zero attached hydrogens (tertiary/aromatic N) is 4. The summed E-state index contributed by atoms with van der Waals surface area (Å²) >= 11 is 0. The third kappa shape index (κ3) is 7.59. The first kappa shape index (κ1) is 32.1. The standard InChI is InChI=1S/C32H43N5O5Si/c1-31(2,3)42-30(40)37(29(38)39)22-24-19-34-28(35-20-24)36-18-17-33-21-25(36)23-41-43(32(4,5)6,26-13-9-7-10-14-26)27-15-11-8-12-16-27/h7-16,19-20,25,33H,17-18,21-23H2,1-6H3,(H,38,39). The number of anilines is 1. The molecule has 10 nitrogen and oxygen atoms in total. The lowest BCUT2D eigenvalue weighted by molar-refractivity contribution is 0.0255. The lowest BCUT2D eigenvalue weighted by Crippen LogP contribution is -2.68. The molecule has 2 aromatic carbocycles. The van der Waals surface area contributed by atoms with E-state index in [1.54, 1.807) is 33.2 Å². The molecular formula is C32H43N5O5Si. The van der Waals surface area contributed by atoms with Gasteiger partial charge in [0.1, 0.15) is 5.60 Å². The molecule has 230 valence electrons. The molecule has 1 aromatic heterocycles. The zero-order chi connectivity index (χ0) is 31.3. The maximum atomic E-state index is 12.4. The van der Waals surface area contributed by atoms with Crippen LogP contribution in [0.1, 0.15) is 47.1 Å². The van der Waals surface area contributed by atoms with Crippen LogP contribution in [0.25, 0.3) is 0 Å². The van der Waals surface area contributed by atoms with E-state index in [1.165, 1.54) is 10.4 Å². The van der Waals surface area contributed by atoms with Crippen LogP contribution in [-0.4, -0.2) is 78.4 Å². The van der Waals surface area contributed by atoms with Gasteiger partial charge in [-0.25, -0.2) is 24.5 Å². The number of carbonyl (C=O) groups excluding carboxylic acids is 1. The SMILES string of the molecule is CC(C)(C)OC(=O)N(Cc1cnc(N2CCNCC2CO[Si](c2ccccc2)(c2ccccc2)C(C)(C)C)nc1)C(=O)O. The number of imide groups is 1. The van der Waals surface area contributed by atoms with Gasteiger partial charge in [0.05, 0.1) is 19.2 Å². The van der Waals surface area contributed by atoms with Crippen LogP contribution in [0.3, 0.4) is 0 Å². The van der Waals surface area contributed by atoms with Crippen LogP contribution < -0.4 is 20.6 Å². The fourth-order valence-corrected chi connectivity index (χ4v) is 10.0. The molecule has 2 amide bonds. The highest BCUT2D eigenvalue weighted by atomic mass is 28.4. The molecule has 1 atom stereocenters. The average molecular weight is 606 g/mol. The van der Waals surface area contributed by atoms with Crippen molar-refractivity contribution in [3.05, 3.63) is 78.6 Å². The number of carboxylic acid groups (broad SMARTS) is 1. The van der Waals surface area contributed by atoms with E-state index < -0.39 is 26.1 Å². The Labute approximate surface area is 255 Å². The normalized spacial score (nSPS) is 16.0. The minimum absolute atomic E-state index is 0.0291. The number of hydrogen-bond acceptors (Lipinski definition) is 8. The van der Waals surface area contributed by atoms with Gasteiger partial charge in [-0.3, -0.25) is 0 Å². The van der Waals surface area contributed by atoms with Crippen molar-refractivity contribution in [1.82, 2.24) is 20.2 Å². The molecule has 11 heteroatoms. The van der Waals surface area contributed by atoms with E-state index in [2.05, 4.69) is 89.5 Å². The van der Waals surface area contributed by atoms with E-state index in [0.717, 1.165) is 6.54 Å². The molecule has 0 saturated carbocycles. The van der Waals surface area contributed by atoms with Crippen molar-refractivity contribution in [1.29, 1.82) is 0 Å². The summed E-state index contributed by atoms with van der Waals surface area (Å²) in [6, 6.07) is 21.1. The van der Waals surface area contributed by atoms with Crippen LogP contribution in [-0.2, 0) is 15.7 Å². The number of amides is 2. The minimum atomic E-state index is -2.73. The van der Waals surface area contributed by atoms with Gasteiger partial charge in [-0.1, -0.05) is 81.4 Å². The van der Waals surface area contributed by atoms with Gasteiger partial charge < -0.3 is 24.5 Å². The first-order valence-electron chi connectivity index (χ1n) is 14.6. The molecular weight excluding hydrogens is 562 g/mol. The summed E-state index contributed by atoms with van der Waals surface area (Å²) in [5.74, 6) is 0.528. The summed E-state index contributed by atoms with van der Waals surface area (Å²) in [7, 11) is -2.73. The molecule has 0 aliphatic carbocycles. The Balaban J connectivity index is 1.57. The van der Waals surface area contributed by atoms with Crippen molar-refractivity contribution in [2.75, 3.05) is 31.1 Å². The number of ether oxygens (including phenoxy) is 1. The number of aromatic nitrogens is 2. The quantitative estimate of drug-likeness (QED) is 0.364. The van der Waals surface area contributed by atoms with Gasteiger partial charge in [0.2, 0.25) is 5.95 Å². The Hall–Kier alpha value is -3.80. The zero-order valence-corrected chi connectivity index (χ0v) is 26.9. The van der Waals surface area contributed by atoms with Crippen LogP contribution in [0.4, 0.5) is 15.5 Å². The topological polar surface area (TPSA) is 117 Å². The highest BCUT2D eigenvalue weighted by molar-refractivity contribution is 6.99. The van der Waals surface area contributed by atoms with Crippen molar-refractivity contribution in [2.45, 2.75) is 64.8 Å². The first-order chi connectivity index (χ1) is 20.3. The Morgan fingerprint density at radius 3 is 2.02 bits per heavy atom. The molecule has 1 aliphatic rings. The Bertz CT molecular complexity index is 1320. The molecule has 1 aliphatic heterocycles. The highest BCUT2D eigenvalue weighted by Gasteiger charge is 2.50. The number of piperazine rings is 1. The molecule has 0 bridgehead atoms. The van der Waals surface area contributed by atoms with Crippen LogP contribution in [0.2, 0.25) is 5.04 Å². The lowest BCUT2D eigenvalue weighted by atomic mass is 10.2. The third-order valence-corrected chi connectivity index (χ3v) is 12.4. The second-order valence-corrected chi connectivity index (χ2v) is 17.1. The van der Waals surface area contributed by atoms with Crippen LogP contribution >= 0.6 is 0 Å². The number of hydrogen-bond donors (Lipinski definition) is 2. The van der Waals surface area contributed by atoms with Gasteiger partial charge in [0.15, 0.2) is 0 Å². The van der Waals surface area contributed by atoms with E-state index in [0.29, 0.717) is 36.1 Å². The summed E-state index contributed by atoms with van der Waals surface area (Å²) in [5.41, 5.74) is -0.342. The van der Waals surface area contributed by atoms with Crippen molar-refractivity contribution in [3.63, 3.8) is 0 Å². The number of nitrogens with one attached hydrogen (secondary N) is 1. The van der Waals surface area contributed by atoms with Gasteiger partial charge in [-0.2, -0.15) is 0 Å². The van der Waals surface area contributed by atoms with Crippen LogP contribution in [0, 0.1) is 0 Å². The van der Waals surface area contributed by atoms with Crippen molar-refractivity contribution < 1.29 is 23.9 Å². The second kappa shape index (κ2) is 13.2. The Kier molecular flexibility index (Phi) is 9.88. The maximum absolute atomic E-state index is 12.4. The van der Waals surface area contributed by atoms with Gasteiger partial charge in [0, 0.05) is 37.6 Å². The predicted molar refractivity (Wildman–Crippen MR) is 169 cm³/mol. The van der Waals surface area contributed by atoms with E-state index in [-0.39, 0.29) is 17.6 Å². The van der Waals surface area contributed by atoms with Crippen molar-refractivity contribution in [2.24, 2.45) is 0 Å². The van der Waals surface area contributed by atoms with Gasteiger partial charge >= 0.3 is 12.2 Å². The molecule has 0 radical (unpaired) electrons. The molecule has 1 saturated heterocycles. The molecule has 2 N–H and O–H groups in total. The van der Waals surface area contributed by atoms with Crippen LogP contribution in [0.5, 0.6) is 0 Å². The van der Waals surface area contributed by atoms with E-state index in [1.807, 2.05) is 12.1 Å². The van der Waals surface area contributed by atoms with Crippen LogP contribution in [0.15, 0.2) is 73.1 Å². The number of carbonyl (C=O) groups is 2. The average Bonchev–Trinajstić information content (AvgIpc) is 2.96. The second-order valence-electron chi connectivity index (χ2n) is 12.8. The van der Waals surface area contributed by atoms with E-state index in [9.17, 15) is 14.7 Å². The summed E-state index contributed by atoms with van der Waals surface area (Å²) < 4.78 is 12.5. The first-order valence-corrected chi connectivity index (χ1v) is 16.5. The van der Waals surface area contributed by atoms with E-state index in [4.69, 9.17) is 9.16 Å². The summed E-state index contributed by atoms with van der Waals surface area (Å²) in [4.78, 5) is 36.1. The molecule has 43 heavy (non-hydrogen) atoms. The molecule has 3 aromatic rings. The fourth-order valence-electron chi connectivity index (χ4n) is 5.44. The highest BCUT2D eigenvalue weighted by Crippen LogP contribution is 2.37. The molecule has 4 rings (SSSR count).